The summed E-state index contributed by atoms with van der Waals surface area (Å²) in [4.78, 5) is 12.0. The van der Waals surface area contributed by atoms with Crippen LogP contribution in [-0.2, 0) is 7.05 Å². The Morgan fingerprint density at radius 1 is 1.44 bits per heavy atom. The smallest absolute Gasteiger partial charge is 0.273 e. The number of aromatic nitrogens is 2. The van der Waals surface area contributed by atoms with Crippen LogP contribution >= 0.6 is 27.5 Å². The molecule has 0 aliphatic heterocycles. The number of anilines is 1. The van der Waals surface area contributed by atoms with Gasteiger partial charge < -0.3 is 5.32 Å². The Bertz CT molecular complexity index is 609. The standard InChI is InChI=1S/C12H11BrClN3O/c1-7-5-11(17(2)16-7)12(18)15-8-3-4-9(13)10(14)6-8/h3-6H,1-2H3,(H,15,18). The van der Waals surface area contributed by atoms with Crippen molar-refractivity contribution in [1.29, 1.82) is 0 Å². The largest absolute Gasteiger partial charge is 0.321 e. The second kappa shape index (κ2) is 5.12. The fourth-order valence-corrected chi connectivity index (χ4v) is 2.02. The molecule has 0 aliphatic rings. The SMILES string of the molecule is Cc1cc(C(=O)Nc2ccc(Br)c(Cl)c2)n(C)n1. The first-order chi connectivity index (χ1) is 8.47. The summed E-state index contributed by atoms with van der Waals surface area (Å²) in [5.74, 6) is -0.212. The number of nitrogens with zero attached hydrogens (tertiary/aromatic N) is 2. The minimum atomic E-state index is -0.212. The third-order valence-electron chi connectivity index (χ3n) is 2.41. The number of hydrogen-bond acceptors (Lipinski definition) is 2. The summed E-state index contributed by atoms with van der Waals surface area (Å²) >= 11 is 9.26. The molecule has 1 heterocycles. The lowest BCUT2D eigenvalue weighted by molar-refractivity contribution is 0.101. The molecule has 6 heteroatoms. The van der Waals surface area contributed by atoms with Gasteiger partial charge in [-0.05, 0) is 47.1 Å². The number of rotatable bonds is 2. The van der Waals surface area contributed by atoms with Crippen molar-refractivity contribution in [2.45, 2.75) is 6.92 Å². The molecule has 94 valence electrons. The Kier molecular flexibility index (Phi) is 3.73. The fourth-order valence-electron chi connectivity index (χ4n) is 1.59. The minimum Gasteiger partial charge on any atom is -0.321 e. The summed E-state index contributed by atoms with van der Waals surface area (Å²) in [5, 5.41) is 7.45. The second-order valence-corrected chi connectivity index (χ2v) is 5.14. The molecule has 2 aromatic rings. The van der Waals surface area contributed by atoms with Gasteiger partial charge in [0.1, 0.15) is 5.69 Å². The van der Waals surface area contributed by atoms with Crippen LogP contribution in [0.1, 0.15) is 16.2 Å². The van der Waals surface area contributed by atoms with Crippen molar-refractivity contribution >= 4 is 39.1 Å². The Morgan fingerprint density at radius 3 is 2.72 bits per heavy atom. The number of aryl methyl sites for hydroxylation is 2. The zero-order valence-corrected chi connectivity index (χ0v) is 12.2. The van der Waals surface area contributed by atoms with E-state index < -0.39 is 0 Å². The number of hydrogen-bond donors (Lipinski definition) is 1. The van der Waals surface area contributed by atoms with Gasteiger partial charge in [-0.2, -0.15) is 5.10 Å². The Hall–Kier alpha value is -1.33. The van der Waals surface area contributed by atoms with Gasteiger partial charge in [-0.1, -0.05) is 11.6 Å². The van der Waals surface area contributed by atoms with Crippen molar-refractivity contribution in [2.24, 2.45) is 7.05 Å². The van der Waals surface area contributed by atoms with E-state index in [9.17, 15) is 4.79 Å². The third kappa shape index (κ3) is 2.73. The zero-order valence-electron chi connectivity index (χ0n) is 9.87. The lowest BCUT2D eigenvalue weighted by atomic mass is 10.3. The quantitative estimate of drug-likeness (QED) is 0.918. The molecule has 0 bridgehead atoms. The molecule has 18 heavy (non-hydrogen) atoms. The van der Waals surface area contributed by atoms with Crippen molar-refractivity contribution < 1.29 is 4.79 Å². The van der Waals surface area contributed by atoms with Gasteiger partial charge in [-0.15, -0.1) is 0 Å². The summed E-state index contributed by atoms with van der Waals surface area (Å²) in [6, 6.07) is 6.98. The van der Waals surface area contributed by atoms with Crippen LogP contribution in [0.15, 0.2) is 28.7 Å². The monoisotopic (exact) mass is 327 g/mol. The number of benzene rings is 1. The molecule has 0 aliphatic carbocycles. The van der Waals surface area contributed by atoms with E-state index >= 15 is 0 Å². The predicted molar refractivity (Wildman–Crippen MR) is 75.1 cm³/mol. The molecule has 2 rings (SSSR count). The lowest BCUT2D eigenvalue weighted by Crippen LogP contribution is -2.15. The molecule has 1 aromatic heterocycles. The molecule has 0 fully saturated rings. The summed E-state index contributed by atoms with van der Waals surface area (Å²) in [5.41, 5.74) is 1.95. The van der Waals surface area contributed by atoms with E-state index in [4.69, 9.17) is 11.6 Å². The van der Waals surface area contributed by atoms with E-state index in [-0.39, 0.29) is 5.91 Å². The molecular weight excluding hydrogens is 318 g/mol. The molecule has 1 aromatic carbocycles. The van der Waals surface area contributed by atoms with Gasteiger partial charge in [-0.3, -0.25) is 9.48 Å². The first-order valence-corrected chi connectivity index (χ1v) is 6.41. The molecular formula is C12H11BrClN3O. The summed E-state index contributed by atoms with van der Waals surface area (Å²) in [6.45, 7) is 1.84. The van der Waals surface area contributed by atoms with E-state index in [0.717, 1.165) is 10.2 Å². The van der Waals surface area contributed by atoms with Gasteiger partial charge in [0.15, 0.2) is 0 Å². The molecule has 1 N–H and O–H groups in total. The Balaban J connectivity index is 2.21. The molecule has 0 saturated carbocycles. The van der Waals surface area contributed by atoms with Crippen molar-refractivity contribution in [3.05, 3.63) is 45.1 Å². The van der Waals surface area contributed by atoms with Crippen LogP contribution in [0.4, 0.5) is 5.69 Å². The zero-order chi connectivity index (χ0) is 13.3. The first-order valence-electron chi connectivity index (χ1n) is 5.24. The number of nitrogens with one attached hydrogen (secondary N) is 1. The molecule has 0 saturated heterocycles. The first kappa shape index (κ1) is 13.1. The lowest BCUT2D eigenvalue weighted by Gasteiger charge is -2.06. The fraction of sp³-hybridized carbons (Fsp3) is 0.167. The van der Waals surface area contributed by atoms with Crippen molar-refractivity contribution in [3.8, 4) is 0 Å². The summed E-state index contributed by atoms with van der Waals surface area (Å²) in [7, 11) is 1.73. The van der Waals surface area contributed by atoms with Crippen LogP contribution in [0.2, 0.25) is 5.02 Å². The normalized spacial score (nSPS) is 10.4. The van der Waals surface area contributed by atoms with Gasteiger partial charge in [0, 0.05) is 17.2 Å². The van der Waals surface area contributed by atoms with Crippen LogP contribution in [0.3, 0.4) is 0 Å². The molecule has 1 amide bonds. The van der Waals surface area contributed by atoms with Crippen molar-refractivity contribution in [1.82, 2.24) is 9.78 Å². The third-order valence-corrected chi connectivity index (χ3v) is 3.64. The average molecular weight is 329 g/mol. The van der Waals surface area contributed by atoms with Crippen LogP contribution in [0.5, 0.6) is 0 Å². The van der Waals surface area contributed by atoms with E-state index in [1.807, 2.05) is 6.92 Å². The van der Waals surface area contributed by atoms with E-state index in [2.05, 4.69) is 26.3 Å². The topological polar surface area (TPSA) is 46.9 Å². The van der Waals surface area contributed by atoms with Gasteiger partial charge in [0.2, 0.25) is 0 Å². The highest BCUT2D eigenvalue weighted by Crippen LogP contribution is 2.25. The molecule has 0 spiro atoms. The predicted octanol–water partition coefficient (Wildman–Crippen LogP) is 3.40. The maximum atomic E-state index is 12.0. The molecule has 4 nitrogen and oxygen atoms in total. The highest BCUT2D eigenvalue weighted by molar-refractivity contribution is 9.10. The molecule has 0 radical (unpaired) electrons. The Morgan fingerprint density at radius 2 is 2.17 bits per heavy atom. The van der Waals surface area contributed by atoms with Gasteiger partial charge in [-0.25, -0.2) is 0 Å². The number of amides is 1. The van der Waals surface area contributed by atoms with Crippen LogP contribution in [0.25, 0.3) is 0 Å². The average Bonchev–Trinajstić information content (AvgIpc) is 2.63. The maximum absolute atomic E-state index is 12.0. The molecule has 0 atom stereocenters. The summed E-state index contributed by atoms with van der Waals surface area (Å²) < 4.78 is 2.34. The van der Waals surface area contributed by atoms with Crippen molar-refractivity contribution in [3.63, 3.8) is 0 Å². The highest BCUT2D eigenvalue weighted by Gasteiger charge is 2.12. The number of carbonyl (C=O) groups is 1. The highest BCUT2D eigenvalue weighted by atomic mass is 79.9. The van der Waals surface area contributed by atoms with E-state index in [0.29, 0.717) is 16.4 Å². The van der Waals surface area contributed by atoms with Crippen LogP contribution < -0.4 is 5.32 Å². The maximum Gasteiger partial charge on any atom is 0.273 e. The van der Waals surface area contributed by atoms with E-state index in [1.54, 1.807) is 36.0 Å². The van der Waals surface area contributed by atoms with Crippen LogP contribution in [-0.4, -0.2) is 15.7 Å². The second-order valence-electron chi connectivity index (χ2n) is 3.88. The number of halogens is 2. The van der Waals surface area contributed by atoms with Gasteiger partial charge in [0.05, 0.1) is 10.7 Å². The van der Waals surface area contributed by atoms with Crippen LogP contribution in [0, 0.1) is 6.92 Å². The minimum absolute atomic E-state index is 0.212. The van der Waals surface area contributed by atoms with Crippen molar-refractivity contribution in [2.75, 3.05) is 5.32 Å². The summed E-state index contributed by atoms with van der Waals surface area (Å²) in [6.07, 6.45) is 0. The van der Waals surface area contributed by atoms with Gasteiger partial charge >= 0.3 is 0 Å². The van der Waals surface area contributed by atoms with E-state index in [1.165, 1.54) is 0 Å². The molecule has 0 unspecified atom stereocenters. The Labute approximate surface area is 118 Å². The number of carbonyl (C=O) groups excluding carboxylic acids is 1. The van der Waals surface area contributed by atoms with Gasteiger partial charge in [0.25, 0.3) is 5.91 Å².